The quantitative estimate of drug-likeness (QED) is 0.710. The first-order valence-corrected chi connectivity index (χ1v) is 7.22. The maximum atomic E-state index is 13.6. The fourth-order valence-electron chi connectivity index (χ4n) is 2.35. The lowest BCUT2D eigenvalue weighted by atomic mass is 9.79. The van der Waals surface area contributed by atoms with Gasteiger partial charge in [-0.05, 0) is 30.4 Å². The lowest BCUT2D eigenvalue weighted by molar-refractivity contribution is 0.420. The van der Waals surface area contributed by atoms with Crippen LogP contribution in [-0.4, -0.2) is 17.2 Å². The predicted molar refractivity (Wildman–Crippen MR) is 77.9 cm³/mol. The topological polar surface area (TPSA) is 40.5 Å². The fraction of sp³-hybridized carbons (Fsp3) is 0.600. The Hall–Kier alpha value is -0.865. The van der Waals surface area contributed by atoms with Gasteiger partial charge in [-0.1, -0.05) is 51.7 Å². The minimum atomic E-state index is -1.73. The monoisotopic (exact) mass is 266 g/mol. The van der Waals surface area contributed by atoms with Crippen LogP contribution in [0.3, 0.4) is 0 Å². The van der Waals surface area contributed by atoms with E-state index in [0.717, 1.165) is 24.8 Å². The Morgan fingerprint density at radius 3 is 2.47 bits per heavy atom. The van der Waals surface area contributed by atoms with Gasteiger partial charge in [0.1, 0.15) is 5.82 Å². The standard InChI is InChI=1S/C15H24BFO2/c1-3-5-6-12(4-2)7-8-13-9-10-14(16(18)19)15(17)11-13/h9-12,18-19H,3-8H2,1-2H3. The van der Waals surface area contributed by atoms with Crippen molar-refractivity contribution in [2.45, 2.75) is 52.4 Å². The first kappa shape index (κ1) is 16.2. The largest absolute Gasteiger partial charge is 0.491 e. The van der Waals surface area contributed by atoms with E-state index in [4.69, 9.17) is 10.0 Å². The third-order valence-corrected chi connectivity index (χ3v) is 3.73. The second-order valence-corrected chi connectivity index (χ2v) is 5.18. The van der Waals surface area contributed by atoms with E-state index in [2.05, 4.69) is 13.8 Å². The molecule has 0 aliphatic rings. The Balaban J connectivity index is 2.55. The second-order valence-electron chi connectivity index (χ2n) is 5.18. The van der Waals surface area contributed by atoms with Gasteiger partial charge in [0.2, 0.25) is 0 Å². The molecule has 106 valence electrons. The van der Waals surface area contributed by atoms with Crippen molar-refractivity contribution in [1.82, 2.24) is 0 Å². The minimum absolute atomic E-state index is 0.0539. The summed E-state index contributed by atoms with van der Waals surface area (Å²) in [4.78, 5) is 0. The van der Waals surface area contributed by atoms with Gasteiger partial charge in [-0.15, -0.1) is 0 Å². The Bertz CT molecular complexity index is 382. The minimum Gasteiger partial charge on any atom is -0.423 e. The van der Waals surface area contributed by atoms with E-state index in [1.807, 2.05) is 0 Å². The van der Waals surface area contributed by atoms with Crippen molar-refractivity contribution in [3.63, 3.8) is 0 Å². The summed E-state index contributed by atoms with van der Waals surface area (Å²) in [6.07, 6.45) is 6.79. The number of hydrogen-bond acceptors (Lipinski definition) is 2. The summed E-state index contributed by atoms with van der Waals surface area (Å²) in [7, 11) is -1.73. The average Bonchev–Trinajstić information content (AvgIpc) is 2.38. The van der Waals surface area contributed by atoms with E-state index in [1.165, 1.54) is 31.4 Å². The highest BCUT2D eigenvalue weighted by Gasteiger charge is 2.16. The molecular weight excluding hydrogens is 242 g/mol. The smallest absolute Gasteiger partial charge is 0.423 e. The van der Waals surface area contributed by atoms with Crippen molar-refractivity contribution in [3.8, 4) is 0 Å². The van der Waals surface area contributed by atoms with Gasteiger partial charge in [0.05, 0.1) is 0 Å². The van der Waals surface area contributed by atoms with E-state index in [-0.39, 0.29) is 5.46 Å². The molecule has 0 saturated carbocycles. The third kappa shape index (κ3) is 5.33. The van der Waals surface area contributed by atoms with Crippen LogP contribution < -0.4 is 5.46 Å². The zero-order chi connectivity index (χ0) is 14.3. The molecule has 4 heteroatoms. The molecule has 1 rings (SSSR count). The van der Waals surface area contributed by atoms with Crippen LogP contribution in [0.2, 0.25) is 0 Å². The number of aryl methyl sites for hydroxylation is 1. The van der Waals surface area contributed by atoms with Crippen LogP contribution in [0, 0.1) is 11.7 Å². The van der Waals surface area contributed by atoms with Crippen molar-refractivity contribution >= 4 is 12.6 Å². The van der Waals surface area contributed by atoms with Crippen molar-refractivity contribution in [2.24, 2.45) is 5.92 Å². The van der Waals surface area contributed by atoms with Crippen LogP contribution in [0.5, 0.6) is 0 Å². The molecule has 0 saturated heterocycles. The van der Waals surface area contributed by atoms with Crippen LogP contribution >= 0.6 is 0 Å². The Morgan fingerprint density at radius 2 is 1.95 bits per heavy atom. The van der Waals surface area contributed by atoms with E-state index in [9.17, 15) is 4.39 Å². The fourth-order valence-corrected chi connectivity index (χ4v) is 2.35. The molecular formula is C15H24BFO2. The summed E-state index contributed by atoms with van der Waals surface area (Å²) in [6, 6.07) is 4.66. The maximum absolute atomic E-state index is 13.6. The van der Waals surface area contributed by atoms with Gasteiger partial charge in [-0.2, -0.15) is 0 Å². The molecule has 2 N–H and O–H groups in total. The molecule has 1 aromatic rings. The van der Waals surface area contributed by atoms with Crippen molar-refractivity contribution < 1.29 is 14.4 Å². The van der Waals surface area contributed by atoms with E-state index < -0.39 is 12.9 Å². The zero-order valence-electron chi connectivity index (χ0n) is 11.9. The maximum Gasteiger partial charge on any atom is 0.491 e. The molecule has 0 aliphatic carbocycles. The van der Waals surface area contributed by atoms with Crippen molar-refractivity contribution in [1.29, 1.82) is 0 Å². The molecule has 2 nitrogen and oxygen atoms in total. The summed E-state index contributed by atoms with van der Waals surface area (Å²) in [5, 5.41) is 17.9. The van der Waals surface area contributed by atoms with Gasteiger partial charge < -0.3 is 10.0 Å². The highest BCUT2D eigenvalue weighted by molar-refractivity contribution is 6.58. The Labute approximate surface area is 115 Å². The van der Waals surface area contributed by atoms with Gasteiger partial charge in [-0.3, -0.25) is 0 Å². The molecule has 0 amide bonds. The second kappa shape index (κ2) is 8.33. The molecule has 1 unspecified atom stereocenters. The van der Waals surface area contributed by atoms with Crippen LogP contribution in [0.15, 0.2) is 18.2 Å². The first-order chi connectivity index (χ1) is 9.08. The Morgan fingerprint density at radius 1 is 1.21 bits per heavy atom. The molecule has 0 aliphatic heterocycles. The zero-order valence-corrected chi connectivity index (χ0v) is 11.9. The molecule has 0 heterocycles. The average molecular weight is 266 g/mol. The van der Waals surface area contributed by atoms with E-state index >= 15 is 0 Å². The van der Waals surface area contributed by atoms with Gasteiger partial charge in [0, 0.05) is 5.46 Å². The lowest BCUT2D eigenvalue weighted by Gasteiger charge is -2.14. The summed E-state index contributed by atoms with van der Waals surface area (Å²) < 4.78 is 13.6. The molecule has 0 spiro atoms. The van der Waals surface area contributed by atoms with Crippen molar-refractivity contribution in [2.75, 3.05) is 0 Å². The van der Waals surface area contributed by atoms with Crippen LogP contribution in [0.25, 0.3) is 0 Å². The highest BCUT2D eigenvalue weighted by atomic mass is 19.1. The summed E-state index contributed by atoms with van der Waals surface area (Å²) in [5.74, 6) is 0.167. The van der Waals surface area contributed by atoms with Gasteiger partial charge in [-0.25, -0.2) is 4.39 Å². The number of hydrogen-bond donors (Lipinski definition) is 2. The summed E-state index contributed by atoms with van der Waals surface area (Å²) >= 11 is 0. The molecule has 0 bridgehead atoms. The van der Waals surface area contributed by atoms with Gasteiger partial charge in [0.25, 0.3) is 0 Å². The van der Waals surface area contributed by atoms with E-state index in [1.54, 1.807) is 6.07 Å². The van der Waals surface area contributed by atoms with Gasteiger partial charge >= 0.3 is 7.12 Å². The number of halogens is 1. The summed E-state index contributed by atoms with van der Waals surface area (Å²) in [5.41, 5.74) is 0.874. The number of rotatable bonds is 8. The molecule has 19 heavy (non-hydrogen) atoms. The number of benzene rings is 1. The lowest BCUT2D eigenvalue weighted by Crippen LogP contribution is -2.32. The molecule has 0 radical (unpaired) electrons. The third-order valence-electron chi connectivity index (χ3n) is 3.73. The molecule has 0 aromatic heterocycles. The van der Waals surface area contributed by atoms with Crippen LogP contribution in [0.1, 0.15) is 51.5 Å². The van der Waals surface area contributed by atoms with E-state index in [0.29, 0.717) is 5.92 Å². The SMILES string of the molecule is CCCCC(CC)CCc1ccc(B(O)O)c(F)c1. The molecule has 0 fully saturated rings. The van der Waals surface area contributed by atoms with Gasteiger partial charge in [0.15, 0.2) is 0 Å². The molecule has 1 atom stereocenters. The normalized spacial score (nSPS) is 12.5. The predicted octanol–water partition coefficient (Wildman–Crippen LogP) is 2.65. The number of unbranched alkanes of at least 4 members (excludes halogenated alkanes) is 1. The molecule has 1 aromatic carbocycles. The van der Waals surface area contributed by atoms with Crippen LogP contribution in [0.4, 0.5) is 4.39 Å². The van der Waals surface area contributed by atoms with Crippen LogP contribution in [-0.2, 0) is 6.42 Å². The first-order valence-electron chi connectivity index (χ1n) is 7.22. The Kier molecular flexibility index (Phi) is 7.10. The van der Waals surface area contributed by atoms with Crippen molar-refractivity contribution in [3.05, 3.63) is 29.6 Å². The summed E-state index contributed by atoms with van der Waals surface area (Å²) in [6.45, 7) is 4.40. The highest BCUT2D eigenvalue weighted by Crippen LogP contribution is 2.19.